The van der Waals surface area contributed by atoms with Gasteiger partial charge in [0.1, 0.15) is 0 Å². The number of aliphatic carboxylic acids is 1. The minimum atomic E-state index is -1.00. The molecule has 2 aromatic rings. The van der Waals surface area contributed by atoms with Crippen molar-refractivity contribution >= 4 is 28.7 Å². The minimum absolute atomic E-state index is 0.232. The van der Waals surface area contributed by atoms with E-state index < -0.39 is 11.7 Å². The van der Waals surface area contributed by atoms with Crippen molar-refractivity contribution in [2.45, 2.75) is 6.42 Å². The molecular weight excluding hydrogens is 234 g/mol. The second kappa shape index (κ2) is 3.68. The van der Waals surface area contributed by atoms with E-state index >= 15 is 0 Å². The predicted octanol–water partition coefficient (Wildman–Crippen LogP) is 1.41. The largest absolute Gasteiger partial charge is 0.481 e. The first-order chi connectivity index (χ1) is 7.49. The van der Waals surface area contributed by atoms with Crippen molar-refractivity contribution in [1.29, 1.82) is 0 Å². The zero-order valence-electron chi connectivity index (χ0n) is 8.36. The molecule has 0 saturated carbocycles. The molecule has 0 aliphatic carbocycles. The van der Waals surface area contributed by atoms with Gasteiger partial charge in [-0.3, -0.25) is 9.36 Å². The first kappa shape index (κ1) is 10.8. The van der Waals surface area contributed by atoms with E-state index in [1.54, 1.807) is 6.07 Å². The van der Waals surface area contributed by atoms with Crippen molar-refractivity contribution in [2.24, 2.45) is 7.05 Å². The Hall–Kier alpha value is -1.75. The highest BCUT2D eigenvalue weighted by molar-refractivity contribution is 6.31. The summed E-state index contributed by atoms with van der Waals surface area (Å²) in [6.45, 7) is 0. The number of carboxylic acid groups (broad SMARTS) is 1. The van der Waals surface area contributed by atoms with Crippen LogP contribution in [0.4, 0.5) is 0 Å². The van der Waals surface area contributed by atoms with Crippen molar-refractivity contribution in [3.8, 4) is 0 Å². The van der Waals surface area contributed by atoms with Crippen molar-refractivity contribution in [3.63, 3.8) is 0 Å². The molecule has 0 unspecified atom stereocenters. The van der Waals surface area contributed by atoms with Gasteiger partial charge in [-0.05, 0) is 12.1 Å². The SMILES string of the molecule is Cn1c(=O)oc2c(CC(=O)O)cc(Cl)cc21. The molecule has 2 rings (SSSR count). The number of aromatic nitrogens is 1. The monoisotopic (exact) mass is 241 g/mol. The van der Waals surface area contributed by atoms with Crippen LogP contribution in [0.3, 0.4) is 0 Å². The molecule has 6 heteroatoms. The molecular formula is C10H8ClNO4. The summed E-state index contributed by atoms with van der Waals surface area (Å²) < 4.78 is 6.26. The van der Waals surface area contributed by atoms with Gasteiger partial charge in [-0.1, -0.05) is 11.6 Å². The summed E-state index contributed by atoms with van der Waals surface area (Å²) in [7, 11) is 1.54. The summed E-state index contributed by atoms with van der Waals surface area (Å²) in [6.07, 6.45) is -0.232. The van der Waals surface area contributed by atoms with Crippen molar-refractivity contribution in [2.75, 3.05) is 0 Å². The molecule has 1 N–H and O–H groups in total. The van der Waals surface area contributed by atoms with E-state index in [0.29, 0.717) is 16.1 Å². The average molecular weight is 242 g/mol. The predicted molar refractivity (Wildman–Crippen MR) is 57.8 cm³/mol. The van der Waals surface area contributed by atoms with Crippen LogP contribution in [-0.4, -0.2) is 15.6 Å². The number of fused-ring (bicyclic) bond motifs is 1. The molecule has 0 radical (unpaired) electrons. The van der Waals surface area contributed by atoms with Gasteiger partial charge >= 0.3 is 11.7 Å². The number of carboxylic acids is 1. The number of benzene rings is 1. The van der Waals surface area contributed by atoms with Gasteiger partial charge in [0.25, 0.3) is 0 Å². The summed E-state index contributed by atoms with van der Waals surface area (Å²) in [6, 6.07) is 3.05. The standard InChI is InChI=1S/C10H8ClNO4/c1-12-7-4-6(11)2-5(3-8(13)14)9(7)16-10(12)15/h2,4H,3H2,1H3,(H,13,14). The maximum Gasteiger partial charge on any atom is 0.419 e. The Morgan fingerprint density at radius 1 is 1.56 bits per heavy atom. The van der Waals surface area contributed by atoms with Gasteiger partial charge in [-0.2, -0.15) is 0 Å². The van der Waals surface area contributed by atoms with Gasteiger partial charge in [0, 0.05) is 17.6 Å². The van der Waals surface area contributed by atoms with Crippen LogP contribution in [-0.2, 0) is 18.3 Å². The lowest BCUT2D eigenvalue weighted by Gasteiger charge is -2.00. The summed E-state index contributed by atoms with van der Waals surface area (Å²) >= 11 is 5.84. The van der Waals surface area contributed by atoms with E-state index in [1.807, 2.05) is 0 Å². The van der Waals surface area contributed by atoms with Crippen molar-refractivity contribution in [1.82, 2.24) is 4.57 Å². The molecule has 1 heterocycles. The van der Waals surface area contributed by atoms with Crippen LogP contribution < -0.4 is 5.76 Å². The molecule has 0 atom stereocenters. The molecule has 0 aliphatic heterocycles. The van der Waals surface area contributed by atoms with Crippen LogP contribution >= 0.6 is 11.6 Å². The lowest BCUT2D eigenvalue weighted by molar-refractivity contribution is -0.136. The maximum absolute atomic E-state index is 11.3. The fraction of sp³-hybridized carbons (Fsp3) is 0.200. The zero-order valence-corrected chi connectivity index (χ0v) is 9.11. The molecule has 16 heavy (non-hydrogen) atoms. The van der Waals surface area contributed by atoms with Gasteiger partial charge in [0.15, 0.2) is 5.58 Å². The Bertz CT molecular complexity index is 626. The van der Waals surface area contributed by atoms with Gasteiger partial charge in [0.2, 0.25) is 0 Å². The Morgan fingerprint density at radius 2 is 2.25 bits per heavy atom. The number of halogens is 1. The highest BCUT2D eigenvalue weighted by Gasteiger charge is 2.14. The molecule has 0 fully saturated rings. The lowest BCUT2D eigenvalue weighted by atomic mass is 10.1. The first-order valence-corrected chi connectivity index (χ1v) is 4.86. The number of carbonyl (C=O) groups is 1. The van der Waals surface area contributed by atoms with Gasteiger partial charge in [-0.15, -0.1) is 0 Å². The second-order valence-electron chi connectivity index (χ2n) is 3.41. The third kappa shape index (κ3) is 1.69. The number of aryl methyl sites for hydroxylation is 1. The quantitative estimate of drug-likeness (QED) is 0.863. The lowest BCUT2D eigenvalue weighted by Crippen LogP contribution is -2.08. The first-order valence-electron chi connectivity index (χ1n) is 4.49. The number of hydrogen-bond acceptors (Lipinski definition) is 3. The smallest absolute Gasteiger partial charge is 0.419 e. The summed E-state index contributed by atoms with van der Waals surface area (Å²) in [5, 5.41) is 9.10. The number of hydrogen-bond donors (Lipinski definition) is 1. The molecule has 0 spiro atoms. The van der Waals surface area contributed by atoms with Crippen LogP contribution in [0, 0.1) is 0 Å². The van der Waals surface area contributed by atoms with Gasteiger partial charge in [-0.25, -0.2) is 4.79 Å². The highest BCUT2D eigenvalue weighted by atomic mass is 35.5. The molecule has 0 amide bonds. The normalized spacial score (nSPS) is 10.9. The van der Waals surface area contributed by atoms with Gasteiger partial charge in [0.05, 0.1) is 11.9 Å². The minimum Gasteiger partial charge on any atom is -0.481 e. The van der Waals surface area contributed by atoms with E-state index in [0.717, 1.165) is 0 Å². The van der Waals surface area contributed by atoms with Gasteiger partial charge < -0.3 is 9.52 Å². The van der Waals surface area contributed by atoms with Crippen LogP contribution in [0.15, 0.2) is 21.3 Å². The van der Waals surface area contributed by atoms with E-state index in [4.69, 9.17) is 21.1 Å². The summed E-state index contributed by atoms with van der Waals surface area (Å²) in [5.74, 6) is -1.54. The topological polar surface area (TPSA) is 72.4 Å². The van der Waals surface area contributed by atoms with Crippen LogP contribution in [0.1, 0.15) is 5.56 Å². The van der Waals surface area contributed by atoms with Crippen LogP contribution in [0.2, 0.25) is 5.02 Å². The zero-order chi connectivity index (χ0) is 11.9. The molecule has 1 aromatic carbocycles. The Kier molecular flexibility index (Phi) is 2.47. The Morgan fingerprint density at radius 3 is 2.88 bits per heavy atom. The number of oxazole rings is 1. The van der Waals surface area contributed by atoms with E-state index in [2.05, 4.69) is 0 Å². The fourth-order valence-electron chi connectivity index (χ4n) is 1.55. The molecule has 0 aliphatic rings. The summed E-state index contributed by atoms with van der Waals surface area (Å²) in [5.41, 5.74) is 1.17. The Balaban J connectivity index is 2.77. The Labute approximate surface area is 94.9 Å². The van der Waals surface area contributed by atoms with E-state index in [1.165, 1.54) is 17.7 Å². The fourth-order valence-corrected chi connectivity index (χ4v) is 1.78. The number of rotatable bonds is 2. The van der Waals surface area contributed by atoms with Crippen molar-refractivity contribution < 1.29 is 14.3 Å². The number of nitrogens with zero attached hydrogens (tertiary/aromatic N) is 1. The summed E-state index contributed by atoms with van der Waals surface area (Å²) in [4.78, 5) is 21.9. The molecule has 0 bridgehead atoms. The molecule has 5 nitrogen and oxygen atoms in total. The molecule has 84 valence electrons. The molecule has 0 saturated heterocycles. The second-order valence-corrected chi connectivity index (χ2v) is 3.85. The average Bonchev–Trinajstić information content (AvgIpc) is 2.44. The third-order valence-electron chi connectivity index (χ3n) is 2.28. The highest BCUT2D eigenvalue weighted by Crippen LogP contribution is 2.23. The van der Waals surface area contributed by atoms with Crippen LogP contribution in [0.25, 0.3) is 11.1 Å². The van der Waals surface area contributed by atoms with E-state index in [9.17, 15) is 9.59 Å². The maximum atomic E-state index is 11.3. The third-order valence-corrected chi connectivity index (χ3v) is 2.50. The molecule has 1 aromatic heterocycles. The van der Waals surface area contributed by atoms with Crippen LogP contribution in [0.5, 0.6) is 0 Å². The van der Waals surface area contributed by atoms with Crippen molar-refractivity contribution in [3.05, 3.63) is 33.3 Å². The van der Waals surface area contributed by atoms with E-state index in [-0.39, 0.29) is 12.0 Å².